The molecule has 0 saturated heterocycles. The van der Waals surface area contributed by atoms with Crippen LogP contribution >= 0.6 is 0 Å². The minimum absolute atomic E-state index is 0.288. The van der Waals surface area contributed by atoms with E-state index >= 15 is 0 Å². The average molecular weight is 1160 g/mol. The maximum atomic E-state index is 12.3. The van der Waals surface area contributed by atoms with Gasteiger partial charge >= 0.3 is 35.5 Å². The van der Waals surface area contributed by atoms with E-state index in [0.29, 0.717) is 56.8 Å². The fourth-order valence-corrected chi connectivity index (χ4v) is 8.56. The van der Waals surface area contributed by atoms with Gasteiger partial charge in [0, 0.05) is 40.3 Å². The lowest BCUT2D eigenvalue weighted by atomic mass is 9.95. The number of hydrogen-bond acceptors (Lipinski definition) is 13. The highest BCUT2D eigenvalue weighted by Gasteiger charge is 2.15. The van der Waals surface area contributed by atoms with Crippen molar-refractivity contribution in [1.82, 2.24) is 0 Å². The SMILES string of the molecule is C=C(C)C(=O)Oc1ccc(-c2ccc(-c3ccc(OC(=O)C(=C)C)cc3CC)cc2)cc1.C=C(C)C(=O)Oc1ccc2cc(-c3ccc(OC)cc3)c(=O)oc2c1.C=CC(=O)Oc1ccc(-c2ccc(-c3ccc(OC(=O)C=C)cc3CC)cc2)cc1. The van der Waals surface area contributed by atoms with Crippen LogP contribution in [0.3, 0.4) is 0 Å². The van der Waals surface area contributed by atoms with Crippen LogP contribution in [-0.4, -0.2) is 37.0 Å². The van der Waals surface area contributed by atoms with E-state index in [0.717, 1.165) is 91.6 Å². The summed E-state index contributed by atoms with van der Waals surface area (Å²) in [6.45, 7) is 26.5. The molecule has 0 fully saturated rings. The molecule has 8 aromatic carbocycles. The Kier molecular flexibility index (Phi) is 21.8. The number of rotatable bonds is 18. The standard InChI is InChI=1S/C28H26O4.C26H22O4.C20H16O5/c1-6-20-17-25(32-28(30)19(4)5)15-16-26(20)23-9-7-21(8-10-23)22-11-13-24(14-12-22)31-27(29)18(2)3;1-4-18-17-23(30-26(28)6-3)15-16-24(18)21-9-7-19(8-10-21)20-11-13-22(14-12-20)29-25(27)5-2;1-12(2)19(21)24-16-9-6-14-10-17(20(22)25-18(14)11-16)13-4-7-15(23-3)8-5-13/h7-17H,2,4,6H2,1,3,5H3;5-17H,2-4H2,1H3;4-11H,1H2,2-3H3. The molecule has 438 valence electrons. The molecular weight excluding hydrogens is 1100 g/mol. The largest absolute Gasteiger partial charge is 0.497 e. The molecule has 0 N–H and O–H groups in total. The summed E-state index contributed by atoms with van der Waals surface area (Å²) < 4.78 is 36.6. The second-order valence-electron chi connectivity index (χ2n) is 19.7. The van der Waals surface area contributed by atoms with Gasteiger partial charge in [-0.1, -0.05) is 144 Å². The predicted octanol–water partition coefficient (Wildman–Crippen LogP) is 16.3. The van der Waals surface area contributed by atoms with Gasteiger partial charge in [-0.25, -0.2) is 28.8 Å². The zero-order valence-corrected chi connectivity index (χ0v) is 49.2. The third-order valence-corrected chi connectivity index (χ3v) is 13.2. The van der Waals surface area contributed by atoms with E-state index in [4.69, 9.17) is 32.8 Å². The van der Waals surface area contributed by atoms with Crippen LogP contribution in [0.15, 0.2) is 253 Å². The monoisotopic (exact) mass is 1160 g/mol. The molecule has 87 heavy (non-hydrogen) atoms. The third-order valence-electron chi connectivity index (χ3n) is 13.2. The molecule has 13 nitrogen and oxygen atoms in total. The van der Waals surface area contributed by atoms with Gasteiger partial charge in [-0.2, -0.15) is 0 Å². The molecule has 1 aromatic heterocycles. The molecular formula is C74H64O13. The molecule has 13 heteroatoms. The predicted molar refractivity (Wildman–Crippen MR) is 341 cm³/mol. The number of hydrogen-bond donors (Lipinski definition) is 0. The summed E-state index contributed by atoms with van der Waals surface area (Å²) in [5.74, 6) is 0.637. The maximum Gasteiger partial charge on any atom is 0.344 e. The Hall–Kier alpha value is -11.2. The van der Waals surface area contributed by atoms with Gasteiger partial charge in [-0.3, -0.25) is 0 Å². The number of aryl methyl sites for hydroxylation is 2. The Morgan fingerprint density at radius 3 is 1.10 bits per heavy atom. The van der Waals surface area contributed by atoms with Gasteiger partial charge < -0.3 is 32.8 Å². The number of benzene rings is 8. The summed E-state index contributed by atoms with van der Waals surface area (Å²) in [5, 5.41) is 0.723. The van der Waals surface area contributed by atoms with Crippen LogP contribution in [0.2, 0.25) is 0 Å². The third kappa shape index (κ3) is 17.2. The van der Waals surface area contributed by atoms with Gasteiger partial charge in [-0.05, 0) is 174 Å². The van der Waals surface area contributed by atoms with Crippen LogP contribution in [0.1, 0.15) is 45.7 Å². The number of carbonyl (C=O) groups is 5. The van der Waals surface area contributed by atoms with E-state index in [1.54, 1.807) is 107 Å². The van der Waals surface area contributed by atoms with Crippen molar-refractivity contribution in [1.29, 1.82) is 0 Å². The van der Waals surface area contributed by atoms with Crippen molar-refractivity contribution in [2.75, 3.05) is 7.11 Å². The van der Waals surface area contributed by atoms with Crippen LogP contribution in [0.25, 0.3) is 66.6 Å². The van der Waals surface area contributed by atoms with Crippen molar-refractivity contribution in [3.63, 3.8) is 0 Å². The highest BCUT2D eigenvalue weighted by molar-refractivity contribution is 5.91. The second-order valence-corrected chi connectivity index (χ2v) is 19.7. The zero-order chi connectivity index (χ0) is 62.7. The molecule has 9 aromatic rings. The number of ether oxygens (including phenoxy) is 6. The minimum atomic E-state index is -0.531. The van der Waals surface area contributed by atoms with Crippen LogP contribution < -0.4 is 34.0 Å². The van der Waals surface area contributed by atoms with E-state index in [-0.39, 0.29) is 5.57 Å². The van der Waals surface area contributed by atoms with E-state index in [1.165, 1.54) is 6.07 Å². The Morgan fingerprint density at radius 2 is 0.701 bits per heavy atom. The second kappa shape index (κ2) is 29.9. The van der Waals surface area contributed by atoms with E-state index in [9.17, 15) is 28.8 Å². The number of methoxy groups -OCH3 is 1. The minimum Gasteiger partial charge on any atom is -0.497 e. The maximum absolute atomic E-state index is 12.3. The fourth-order valence-electron chi connectivity index (χ4n) is 8.56. The van der Waals surface area contributed by atoms with Crippen LogP contribution in [-0.2, 0) is 36.8 Å². The van der Waals surface area contributed by atoms with E-state index in [1.807, 2.05) is 60.7 Å². The average Bonchev–Trinajstić information content (AvgIpc) is 2.32. The molecule has 0 radical (unpaired) electrons. The first-order chi connectivity index (χ1) is 41.8. The molecule has 0 bridgehead atoms. The first-order valence-corrected chi connectivity index (χ1v) is 27.5. The summed E-state index contributed by atoms with van der Waals surface area (Å²) in [5.41, 5.74) is 12.7. The van der Waals surface area contributed by atoms with Crippen molar-refractivity contribution in [3.8, 4) is 90.1 Å². The normalized spacial score (nSPS) is 10.3. The Morgan fingerprint density at radius 1 is 0.391 bits per heavy atom. The van der Waals surface area contributed by atoms with Gasteiger partial charge in [0.2, 0.25) is 0 Å². The molecule has 0 atom stereocenters. The van der Waals surface area contributed by atoms with Gasteiger partial charge in [0.25, 0.3) is 0 Å². The van der Waals surface area contributed by atoms with Crippen LogP contribution in [0.4, 0.5) is 0 Å². The molecule has 0 unspecified atom stereocenters. The molecule has 0 amide bonds. The highest BCUT2D eigenvalue weighted by Crippen LogP contribution is 2.34. The molecule has 0 aliphatic rings. The number of carbonyl (C=O) groups excluding carboxylic acids is 5. The molecule has 0 saturated carbocycles. The Labute approximate surface area is 505 Å². The van der Waals surface area contributed by atoms with Crippen molar-refractivity contribution >= 4 is 40.8 Å². The molecule has 0 aliphatic heterocycles. The first-order valence-electron chi connectivity index (χ1n) is 27.5. The molecule has 9 rings (SSSR count). The Bertz CT molecular complexity index is 4110. The topological polar surface area (TPSA) is 171 Å². The zero-order valence-electron chi connectivity index (χ0n) is 49.2. The summed E-state index contributed by atoms with van der Waals surface area (Å²) in [4.78, 5) is 70.0. The quantitative estimate of drug-likeness (QED) is 0.0344. The number of esters is 5. The van der Waals surface area contributed by atoms with Crippen molar-refractivity contribution < 1.29 is 56.8 Å². The van der Waals surface area contributed by atoms with Crippen molar-refractivity contribution in [2.45, 2.75) is 47.5 Å². The highest BCUT2D eigenvalue weighted by atomic mass is 16.6. The molecule has 1 heterocycles. The lowest BCUT2D eigenvalue weighted by Crippen LogP contribution is -2.08. The van der Waals surface area contributed by atoms with Gasteiger partial charge in [0.15, 0.2) is 0 Å². The lowest BCUT2D eigenvalue weighted by molar-refractivity contribution is -0.130. The smallest absolute Gasteiger partial charge is 0.344 e. The summed E-state index contributed by atoms with van der Waals surface area (Å²) in [6.07, 6.45) is 3.89. The van der Waals surface area contributed by atoms with Gasteiger partial charge in [-0.15, -0.1) is 0 Å². The fraction of sp³-hybridized carbons (Fsp3) is 0.108. The summed E-state index contributed by atoms with van der Waals surface area (Å²) in [6, 6.07) is 56.2. The van der Waals surface area contributed by atoms with Gasteiger partial charge in [0.05, 0.1) is 12.7 Å². The van der Waals surface area contributed by atoms with Crippen molar-refractivity contribution in [2.24, 2.45) is 0 Å². The van der Waals surface area contributed by atoms with Crippen LogP contribution in [0, 0.1) is 0 Å². The van der Waals surface area contributed by atoms with Crippen LogP contribution in [0.5, 0.6) is 34.5 Å². The Balaban J connectivity index is 0.000000188. The van der Waals surface area contributed by atoms with E-state index < -0.39 is 35.5 Å². The van der Waals surface area contributed by atoms with Gasteiger partial charge in [0.1, 0.15) is 40.1 Å². The lowest BCUT2D eigenvalue weighted by Gasteiger charge is -2.12. The molecule has 0 spiro atoms. The van der Waals surface area contributed by atoms with Crippen molar-refractivity contribution in [3.05, 3.63) is 265 Å². The summed E-state index contributed by atoms with van der Waals surface area (Å²) >= 11 is 0. The first kappa shape index (κ1) is 63.4. The van der Waals surface area contributed by atoms with E-state index in [2.05, 4.69) is 83.1 Å². The number of fused-ring (bicyclic) bond motifs is 1. The summed E-state index contributed by atoms with van der Waals surface area (Å²) in [7, 11) is 1.58. The molecule has 0 aliphatic carbocycles.